The minimum atomic E-state index is -0.302. The third kappa shape index (κ3) is 4.09. The van der Waals surface area contributed by atoms with Gasteiger partial charge in [0.05, 0.1) is 0 Å². The van der Waals surface area contributed by atoms with Crippen LogP contribution in [0.25, 0.3) is 11.0 Å². The predicted molar refractivity (Wildman–Crippen MR) is 107 cm³/mol. The van der Waals surface area contributed by atoms with Crippen LogP contribution in [0.5, 0.6) is 5.75 Å². The molecule has 0 amide bonds. The van der Waals surface area contributed by atoms with E-state index in [1.165, 1.54) is 17.2 Å². The van der Waals surface area contributed by atoms with E-state index in [1.807, 2.05) is 30.3 Å². The van der Waals surface area contributed by atoms with Gasteiger partial charge in [-0.05, 0) is 42.2 Å². The highest BCUT2D eigenvalue weighted by Gasteiger charge is 2.20. The first-order valence-electron chi connectivity index (χ1n) is 9.08. The van der Waals surface area contributed by atoms with E-state index in [0.717, 1.165) is 24.0 Å². The van der Waals surface area contributed by atoms with Crippen molar-refractivity contribution in [2.75, 3.05) is 0 Å². The lowest BCUT2D eigenvalue weighted by atomic mass is 9.98. The lowest BCUT2D eigenvalue weighted by molar-refractivity contribution is 0.176. The van der Waals surface area contributed by atoms with Gasteiger partial charge in [-0.2, -0.15) is 0 Å². The van der Waals surface area contributed by atoms with Crippen molar-refractivity contribution in [3.05, 3.63) is 113 Å². The van der Waals surface area contributed by atoms with Crippen LogP contribution in [-0.2, 0) is 6.42 Å². The molecule has 1 atom stereocenters. The van der Waals surface area contributed by atoms with Crippen LogP contribution in [0.3, 0.4) is 0 Å². The summed E-state index contributed by atoms with van der Waals surface area (Å²) >= 11 is 0. The molecule has 3 heteroatoms. The van der Waals surface area contributed by atoms with Crippen molar-refractivity contribution in [2.45, 2.75) is 18.9 Å². The molecule has 0 N–H and O–H groups in total. The number of rotatable bonds is 1. The maximum absolute atomic E-state index is 10.7. The normalized spacial score (nSPS) is 15.2. The number of hydrogen-bond acceptors (Lipinski definition) is 3. The predicted octanol–water partition coefficient (Wildman–Crippen LogP) is 5.55. The van der Waals surface area contributed by atoms with Gasteiger partial charge >= 0.3 is 5.63 Å². The van der Waals surface area contributed by atoms with E-state index in [9.17, 15) is 4.79 Å². The Balaban J connectivity index is 0.000000143. The molecule has 0 saturated carbocycles. The topological polar surface area (TPSA) is 39.4 Å². The molecule has 1 unspecified atom stereocenters. The molecule has 3 aromatic carbocycles. The van der Waals surface area contributed by atoms with Crippen LogP contribution >= 0.6 is 0 Å². The van der Waals surface area contributed by atoms with Gasteiger partial charge in [-0.3, -0.25) is 0 Å². The van der Waals surface area contributed by atoms with Crippen LogP contribution in [0.4, 0.5) is 0 Å². The number of para-hydroxylation sites is 2. The smallest absolute Gasteiger partial charge is 0.336 e. The molecule has 0 aliphatic carbocycles. The van der Waals surface area contributed by atoms with E-state index in [1.54, 1.807) is 12.1 Å². The molecular formula is C24H20O3. The number of benzene rings is 3. The average Bonchev–Trinajstić information content (AvgIpc) is 2.74. The molecular weight excluding hydrogens is 336 g/mol. The third-order valence-electron chi connectivity index (χ3n) is 4.62. The van der Waals surface area contributed by atoms with Gasteiger partial charge < -0.3 is 9.15 Å². The van der Waals surface area contributed by atoms with Crippen LogP contribution in [0.1, 0.15) is 23.7 Å². The fourth-order valence-corrected chi connectivity index (χ4v) is 3.24. The Morgan fingerprint density at radius 3 is 2.37 bits per heavy atom. The monoisotopic (exact) mass is 356 g/mol. The largest absolute Gasteiger partial charge is 0.485 e. The molecule has 3 nitrogen and oxygen atoms in total. The maximum atomic E-state index is 10.7. The van der Waals surface area contributed by atoms with Gasteiger partial charge in [0.15, 0.2) is 0 Å². The summed E-state index contributed by atoms with van der Waals surface area (Å²) in [6.45, 7) is 0. The quantitative estimate of drug-likeness (QED) is 0.420. The number of hydrogen-bond donors (Lipinski definition) is 0. The highest BCUT2D eigenvalue weighted by atomic mass is 16.5. The Hall–Kier alpha value is -3.33. The summed E-state index contributed by atoms with van der Waals surface area (Å²) in [6.07, 6.45) is 2.40. The van der Waals surface area contributed by atoms with Crippen LogP contribution in [0.15, 0.2) is 100 Å². The van der Waals surface area contributed by atoms with E-state index in [2.05, 4.69) is 42.5 Å². The van der Waals surface area contributed by atoms with E-state index in [0.29, 0.717) is 5.58 Å². The standard InChI is InChI=1S/C15H14O.C9H6O2/c1-2-6-12(7-3-1)15-11-10-13-8-4-5-9-14(13)16-15;10-9-6-5-7-3-1-2-4-8(7)11-9/h1-9,15H,10-11H2;1-6H. The molecule has 134 valence electrons. The van der Waals surface area contributed by atoms with Crippen molar-refractivity contribution in [3.8, 4) is 5.75 Å². The molecule has 27 heavy (non-hydrogen) atoms. The van der Waals surface area contributed by atoms with Crippen molar-refractivity contribution in [1.29, 1.82) is 0 Å². The SMILES string of the molecule is O=c1ccc2ccccc2o1.c1ccc(C2CCc3ccccc3O2)cc1. The molecule has 0 radical (unpaired) electrons. The summed E-state index contributed by atoms with van der Waals surface area (Å²) in [7, 11) is 0. The lowest BCUT2D eigenvalue weighted by Crippen LogP contribution is -2.14. The van der Waals surface area contributed by atoms with E-state index in [4.69, 9.17) is 9.15 Å². The second kappa shape index (κ2) is 7.92. The highest BCUT2D eigenvalue weighted by molar-refractivity contribution is 5.75. The zero-order chi connectivity index (χ0) is 18.5. The first kappa shape index (κ1) is 17.1. The first-order chi connectivity index (χ1) is 13.3. The fraction of sp³-hybridized carbons (Fsp3) is 0.125. The summed E-state index contributed by atoms with van der Waals surface area (Å²) in [6, 6.07) is 29.4. The second-order valence-electron chi connectivity index (χ2n) is 6.46. The molecule has 1 aliphatic heterocycles. The van der Waals surface area contributed by atoms with Crippen LogP contribution in [0, 0.1) is 0 Å². The third-order valence-corrected chi connectivity index (χ3v) is 4.62. The van der Waals surface area contributed by atoms with Gasteiger partial charge in [0.25, 0.3) is 0 Å². The Kier molecular flexibility index (Phi) is 5.01. The Labute approximate surface area is 157 Å². The molecule has 0 fully saturated rings. The maximum Gasteiger partial charge on any atom is 0.336 e. The van der Waals surface area contributed by atoms with Gasteiger partial charge in [-0.1, -0.05) is 66.7 Å². The van der Waals surface area contributed by atoms with Crippen LogP contribution < -0.4 is 10.4 Å². The van der Waals surface area contributed by atoms with Crippen LogP contribution in [-0.4, -0.2) is 0 Å². The average molecular weight is 356 g/mol. The van der Waals surface area contributed by atoms with Crippen molar-refractivity contribution < 1.29 is 9.15 Å². The van der Waals surface area contributed by atoms with Gasteiger partial charge in [0.2, 0.25) is 0 Å². The summed E-state index contributed by atoms with van der Waals surface area (Å²) in [5.41, 5.74) is 2.94. The highest BCUT2D eigenvalue weighted by Crippen LogP contribution is 2.34. The molecule has 2 heterocycles. The van der Waals surface area contributed by atoms with Gasteiger partial charge in [0, 0.05) is 11.5 Å². The molecule has 4 aromatic rings. The molecule has 0 saturated heterocycles. The summed E-state index contributed by atoms with van der Waals surface area (Å²) in [4.78, 5) is 10.7. The van der Waals surface area contributed by atoms with Gasteiger partial charge in [0.1, 0.15) is 17.4 Å². The minimum absolute atomic E-state index is 0.219. The molecule has 0 bridgehead atoms. The van der Waals surface area contributed by atoms with Crippen molar-refractivity contribution in [2.24, 2.45) is 0 Å². The molecule has 1 aliphatic rings. The Morgan fingerprint density at radius 1 is 0.741 bits per heavy atom. The molecule has 5 rings (SSSR count). The summed E-state index contributed by atoms with van der Waals surface area (Å²) in [5, 5.41) is 0.951. The lowest BCUT2D eigenvalue weighted by Gasteiger charge is -2.26. The number of fused-ring (bicyclic) bond motifs is 2. The number of ether oxygens (including phenoxy) is 1. The van der Waals surface area contributed by atoms with E-state index in [-0.39, 0.29) is 11.7 Å². The molecule has 0 spiro atoms. The zero-order valence-electron chi connectivity index (χ0n) is 14.9. The minimum Gasteiger partial charge on any atom is -0.485 e. The Bertz CT molecular complexity index is 1080. The van der Waals surface area contributed by atoms with E-state index >= 15 is 0 Å². The van der Waals surface area contributed by atoms with Crippen molar-refractivity contribution in [1.82, 2.24) is 0 Å². The Morgan fingerprint density at radius 2 is 1.48 bits per heavy atom. The first-order valence-corrected chi connectivity index (χ1v) is 9.08. The van der Waals surface area contributed by atoms with Crippen LogP contribution in [0.2, 0.25) is 0 Å². The second-order valence-corrected chi connectivity index (χ2v) is 6.46. The van der Waals surface area contributed by atoms with Gasteiger partial charge in [-0.15, -0.1) is 0 Å². The van der Waals surface area contributed by atoms with Crippen molar-refractivity contribution >= 4 is 11.0 Å². The van der Waals surface area contributed by atoms with Gasteiger partial charge in [-0.25, -0.2) is 4.79 Å². The van der Waals surface area contributed by atoms with Crippen molar-refractivity contribution in [3.63, 3.8) is 0 Å². The zero-order valence-corrected chi connectivity index (χ0v) is 14.9. The van der Waals surface area contributed by atoms with E-state index < -0.39 is 0 Å². The summed E-state index contributed by atoms with van der Waals surface area (Å²) < 4.78 is 10.9. The summed E-state index contributed by atoms with van der Waals surface area (Å²) in [5.74, 6) is 1.04. The molecule has 1 aromatic heterocycles. The number of aryl methyl sites for hydroxylation is 1. The fourth-order valence-electron chi connectivity index (χ4n) is 3.24.